The van der Waals surface area contributed by atoms with E-state index >= 15 is 0 Å². The molecule has 0 aliphatic carbocycles. The smallest absolute Gasteiger partial charge is 0.350 e. The fourth-order valence-electron chi connectivity index (χ4n) is 0.764. The van der Waals surface area contributed by atoms with Crippen LogP contribution in [0.25, 0.3) is 0 Å². The Kier molecular flexibility index (Phi) is 3.63. The number of ether oxygens (including phenoxy) is 1. The van der Waals surface area contributed by atoms with Crippen LogP contribution in [0, 0.1) is 12.3 Å². The van der Waals surface area contributed by atoms with Gasteiger partial charge in [-0.05, 0) is 6.42 Å². The third-order valence-corrected chi connectivity index (χ3v) is 1.37. The van der Waals surface area contributed by atoms with Crippen molar-refractivity contribution in [3.05, 3.63) is 0 Å². The second-order valence-corrected chi connectivity index (χ2v) is 2.25. The molecule has 0 saturated carbocycles. The zero-order valence-corrected chi connectivity index (χ0v) is 6.76. The number of carbonyl (C=O) groups is 1. The van der Waals surface area contributed by atoms with Crippen molar-refractivity contribution in [1.29, 1.82) is 0 Å². The van der Waals surface area contributed by atoms with Crippen molar-refractivity contribution in [1.82, 2.24) is 0 Å². The molecule has 0 rings (SSSR count). The van der Waals surface area contributed by atoms with Crippen molar-refractivity contribution in [2.45, 2.75) is 25.4 Å². The van der Waals surface area contributed by atoms with E-state index in [1.165, 1.54) is 7.11 Å². The molecule has 3 heteroatoms. The molecule has 0 bridgehead atoms. The molecule has 0 amide bonds. The molecule has 0 heterocycles. The van der Waals surface area contributed by atoms with E-state index in [9.17, 15) is 9.90 Å². The first-order chi connectivity index (χ1) is 5.10. The van der Waals surface area contributed by atoms with E-state index in [0.717, 1.165) is 0 Å². The average molecular weight is 156 g/mol. The third kappa shape index (κ3) is 2.24. The highest BCUT2D eigenvalue weighted by Crippen LogP contribution is 2.12. The lowest BCUT2D eigenvalue weighted by Crippen LogP contribution is -2.37. The van der Waals surface area contributed by atoms with Crippen LogP contribution < -0.4 is 0 Å². The summed E-state index contributed by atoms with van der Waals surface area (Å²) in [6.45, 7) is 1.82. The van der Waals surface area contributed by atoms with Gasteiger partial charge in [-0.25, -0.2) is 4.79 Å². The molecule has 3 nitrogen and oxygen atoms in total. The Morgan fingerprint density at radius 3 is 2.64 bits per heavy atom. The summed E-state index contributed by atoms with van der Waals surface area (Å²) in [6.07, 6.45) is 5.84. The van der Waals surface area contributed by atoms with Gasteiger partial charge in [0.15, 0.2) is 0 Å². The zero-order valence-electron chi connectivity index (χ0n) is 6.76. The fourth-order valence-corrected chi connectivity index (χ4v) is 0.764. The van der Waals surface area contributed by atoms with Crippen LogP contribution in [0.1, 0.15) is 19.8 Å². The molecule has 0 aromatic heterocycles. The molecule has 62 valence electrons. The second kappa shape index (κ2) is 3.99. The summed E-state index contributed by atoms with van der Waals surface area (Å²) in [5.74, 6) is 1.25. The summed E-state index contributed by atoms with van der Waals surface area (Å²) in [4.78, 5) is 10.8. The molecule has 0 aliphatic rings. The molecule has 0 aliphatic heterocycles. The van der Waals surface area contributed by atoms with Crippen molar-refractivity contribution in [3.63, 3.8) is 0 Å². The molecule has 1 atom stereocenters. The summed E-state index contributed by atoms with van der Waals surface area (Å²) < 4.78 is 4.33. The Hall–Kier alpha value is -1.01. The van der Waals surface area contributed by atoms with E-state index in [0.29, 0.717) is 6.42 Å². The van der Waals surface area contributed by atoms with Crippen LogP contribution in [-0.2, 0) is 9.53 Å². The van der Waals surface area contributed by atoms with Crippen LogP contribution in [0.5, 0.6) is 0 Å². The first-order valence-corrected chi connectivity index (χ1v) is 3.39. The lowest BCUT2D eigenvalue weighted by molar-refractivity contribution is -0.156. The Morgan fingerprint density at radius 2 is 2.36 bits per heavy atom. The SMILES string of the molecule is C#CC(O)(CCC)C(=O)OC. The molecule has 1 unspecified atom stereocenters. The van der Waals surface area contributed by atoms with Crippen molar-refractivity contribution in [2.24, 2.45) is 0 Å². The quantitative estimate of drug-likeness (QED) is 0.473. The number of hydrogen-bond acceptors (Lipinski definition) is 3. The highest BCUT2D eigenvalue weighted by atomic mass is 16.5. The van der Waals surface area contributed by atoms with Gasteiger partial charge in [0.05, 0.1) is 7.11 Å². The van der Waals surface area contributed by atoms with Gasteiger partial charge in [-0.3, -0.25) is 0 Å². The molecule has 0 spiro atoms. The van der Waals surface area contributed by atoms with Crippen molar-refractivity contribution >= 4 is 5.97 Å². The summed E-state index contributed by atoms with van der Waals surface area (Å²) in [7, 11) is 1.19. The highest BCUT2D eigenvalue weighted by molar-refractivity contribution is 5.82. The van der Waals surface area contributed by atoms with Gasteiger partial charge in [0.2, 0.25) is 5.60 Å². The zero-order chi connectivity index (χ0) is 8.91. The molecule has 0 fully saturated rings. The maximum Gasteiger partial charge on any atom is 0.350 e. The van der Waals surface area contributed by atoms with Crippen molar-refractivity contribution in [2.75, 3.05) is 7.11 Å². The summed E-state index contributed by atoms with van der Waals surface area (Å²) >= 11 is 0. The number of hydrogen-bond donors (Lipinski definition) is 1. The van der Waals surface area contributed by atoms with Gasteiger partial charge in [-0.1, -0.05) is 19.3 Å². The topological polar surface area (TPSA) is 46.5 Å². The maximum absolute atomic E-state index is 10.8. The molecule has 0 aromatic rings. The van der Waals surface area contributed by atoms with Gasteiger partial charge in [0.25, 0.3) is 0 Å². The first-order valence-electron chi connectivity index (χ1n) is 3.39. The van der Waals surface area contributed by atoms with Crippen LogP contribution in [0.2, 0.25) is 0 Å². The standard InChI is InChI=1S/C8H12O3/c1-4-6-8(10,5-2)7(9)11-3/h2,10H,4,6H2,1,3H3. The normalized spacial score (nSPS) is 14.7. The molecule has 0 saturated heterocycles. The number of methoxy groups -OCH3 is 1. The minimum atomic E-state index is -1.73. The van der Waals surface area contributed by atoms with E-state index in [4.69, 9.17) is 6.42 Å². The van der Waals surface area contributed by atoms with Crippen molar-refractivity contribution in [3.8, 4) is 12.3 Å². The van der Waals surface area contributed by atoms with E-state index in [2.05, 4.69) is 4.74 Å². The Labute approximate surface area is 66.4 Å². The maximum atomic E-state index is 10.8. The van der Waals surface area contributed by atoms with E-state index in [1.54, 1.807) is 0 Å². The molecule has 1 N–H and O–H groups in total. The predicted octanol–water partition coefficient (Wildman–Crippen LogP) is 0.324. The summed E-state index contributed by atoms with van der Waals surface area (Å²) in [6, 6.07) is 0. The van der Waals surface area contributed by atoms with Gasteiger partial charge < -0.3 is 9.84 Å². The molecule has 0 radical (unpaired) electrons. The molecule has 0 aromatic carbocycles. The van der Waals surface area contributed by atoms with Crippen LogP contribution in [-0.4, -0.2) is 23.8 Å². The minimum absolute atomic E-state index is 0.232. The Bertz CT molecular complexity index is 180. The summed E-state index contributed by atoms with van der Waals surface area (Å²) in [5.41, 5.74) is -1.73. The Morgan fingerprint density at radius 1 is 1.82 bits per heavy atom. The number of carbonyl (C=O) groups excluding carboxylic acids is 1. The van der Waals surface area contributed by atoms with Crippen LogP contribution in [0.15, 0.2) is 0 Å². The van der Waals surface area contributed by atoms with Gasteiger partial charge in [0.1, 0.15) is 0 Å². The van der Waals surface area contributed by atoms with E-state index < -0.39 is 11.6 Å². The first kappa shape index (κ1) is 9.99. The van der Waals surface area contributed by atoms with Crippen molar-refractivity contribution < 1.29 is 14.6 Å². The molecular weight excluding hydrogens is 144 g/mol. The lowest BCUT2D eigenvalue weighted by atomic mass is 10.00. The van der Waals surface area contributed by atoms with E-state index in [-0.39, 0.29) is 6.42 Å². The average Bonchev–Trinajstić information content (AvgIpc) is 2.03. The molecule has 11 heavy (non-hydrogen) atoms. The van der Waals surface area contributed by atoms with Gasteiger partial charge >= 0.3 is 5.97 Å². The number of esters is 1. The van der Waals surface area contributed by atoms with Crippen LogP contribution in [0.4, 0.5) is 0 Å². The number of terminal acetylenes is 1. The van der Waals surface area contributed by atoms with E-state index in [1.807, 2.05) is 12.8 Å². The lowest BCUT2D eigenvalue weighted by Gasteiger charge is -2.17. The monoisotopic (exact) mass is 156 g/mol. The van der Waals surface area contributed by atoms with Gasteiger partial charge in [0, 0.05) is 0 Å². The predicted molar refractivity (Wildman–Crippen MR) is 40.7 cm³/mol. The number of aliphatic hydroxyl groups is 1. The largest absolute Gasteiger partial charge is 0.466 e. The summed E-state index contributed by atoms with van der Waals surface area (Å²) in [5, 5.41) is 9.38. The van der Waals surface area contributed by atoms with Crippen LogP contribution in [0.3, 0.4) is 0 Å². The third-order valence-electron chi connectivity index (χ3n) is 1.37. The second-order valence-electron chi connectivity index (χ2n) is 2.25. The minimum Gasteiger partial charge on any atom is -0.466 e. The Balaban J connectivity index is 4.36. The van der Waals surface area contributed by atoms with Gasteiger partial charge in [-0.15, -0.1) is 6.42 Å². The van der Waals surface area contributed by atoms with Gasteiger partial charge in [-0.2, -0.15) is 0 Å². The highest BCUT2D eigenvalue weighted by Gasteiger charge is 2.33. The fraction of sp³-hybridized carbons (Fsp3) is 0.625. The number of rotatable bonds is 3. The molecular formula is C8H12O3. The van der Waals surface area contributed by atoms with Crippen LogP contribution >= 0.6 is 0 Å².